The van der Waals surface area contributed by atoms with E-state index < -0.39 is 54.2 Å². The number of hydrogen-bond donors (Lipinski definition) is 11. The molecule has 0 bridgehead atoms. The molecule has 4 heterocycles. The molecule has 1 aromatic rings. The van der Waals surface area contributed by atoms with Crippen molar-refractivity contribution in [2.24, 2.45) is 0 Å². The number of nitrogens with two attached hydrogens (primary N) is 1. The van der Waals surface area contributed by atoms with Crippen LogP contribution in [0.2, 0.25) is 0 Å². The zero-order valence-corrected chi connectivity index (χ0v) is 36.4. The van der Waals surface area contributed by atoms with Crippen molar-refractivity contribution >= 4 is 70.9 Å². The number of aliphatic hydroxyl groups is 1. The third-order valence-corrected chi connectivity index (χ3v) is 14.8. The molecule has 8 unspecified atom stereocenters. The van der Waals surface area contributed by atoms with Gasteiger partial charge in [-0.2, -0.15) is 25.4 Å². The summed E-state index contributed by atoms with van der Waals surface area (Å²) in [7, 11) is -16.8. The van der Waals surface area contributed by atoms with Crippen molar-refractivity contribution in [3.05, 3.63) is 28.3 Å². The number of fused-ring (bicyclic) bond motifs is 1. The van der Waals surface area contributed by atoms with E-state index in [2.05, 4.69) is 44.7 Å². The van der Waals surface area contributed by atoms with E-state index in [1.165, 1.54) is 18.3 Å². The van der Waals surface area contributed by atoms with Gasteiger partial charge in [-0.25, -0.2) is 23.3 Å². The van der Waals surface area contributed by atoms with E-state index in [0.29, 0.717) is 44.0 Å². The van der Waals surface area contributed by atoms with E-state index in [9.17, 15) is 52.6 Å². The number of thioether (sulfide) groups is 1. The average Bonchev–Trinajstić information content (AvgIpc) is 3.83. The van der Waals surface area contributed by atoms with Gasteiger partial charge in [-0.3, -0.25) is 23.5 Å². The Morgan fingerprint density at radius 3 is 2.28 bits per heavy atom. The van der Waals surface area contributed by atoms with Crippen molar-refractivity contribution < 1.29 is 75.4 Å². The molecular weight excluding hydrogens is 893 g/mol. The summed E-state index contributed by atoms with van der Waals surface area (Å²) in [5.41, 5.74) is 5.23. The fourth-order valence-corrected chi connectivity index (χ4v) is 11.1. The topological polar surface area (TPSA) is 379 Å². The predicted molar refractivity (Wildman–Crippen MR) is 217 cm³/mol. The second-order valence-corrected chi connectivity index (χ2v) is 20.0. The summed E-state index contributed by atoms with van der Waals surface area (Å²) in [5.74, 6) is 0.351. The van der Waals surface area contributed by atoms with Crippen LogP contribution in [0.1, 0.15) is 82.4 Å². The van der Waals surface area contributed by atoms with Gasteiger partial charge >= 0.3 is 35.2 Å². The van der Waals surface area contributed by atoms with Gasteiger partial charge in [0.15, 0.2) is 0 Å². The summed E-state index contributed by atoms with van der Waals surface area (Å²) in [4.78, 5) is 101. The Morgan fingerprint density at radius 1 is 0.918 bits per heavy atom. The number of aromatic nitrogens is 2. The van der Waals surface area contributed by atoms with Gasteiger partial charge in [-0.05, 0) is 32.1 Å². The lowest BCUT2D eigenvalue weighted by Gasteiger charge is -2.19. The van der Waals surface area contributed by atoms with E-state index in [4.69, 9.17) is 20.3 Å². The van der Waals surface area contributed by atoms with Gasteiger partial charge in [0.2, 0.25) is 17.7 Å². The summed E-state index contributed by atoms with van der Waals surface area (Å²) < 4.78 is 52.6. The molecule has 4 rings (SSSR count). The van der Waals surface area contributed by atoms with Crippen molar-refractivity contribution in [1.29, 1.82) is 0 Å². The molecule has 3 saturated heterocycles. The maximum Gasteiger partial charge on any atom is 0.490 e. The Balaban J connectivity index is 1.04. The molecule has 5 amide bonds. The second kappa shape index (κ2) is 23.5. The van der Waals surface area contributed by atoms with Gasteiger partial charge in [0, 0.05) is 68.1 Å². The molecule has 3 aliphatic heterocycles. The average molecular weight is 947 g/mol. The predicted octanol–water partition coefficient (Wildman–Crippen LogP) is 0.245. The smallest absolute Gasteiger partial charge is 0.390 e. The number of anilines is 1. The summed E-state index contributed by atoms with van der Waals surface area (Å²) in [5, 5.41) is 25.1. The lowest BCUT2D eigenvalue weighted by atomic mass is 10.0. The van der Waals surface area contributed by atoms with Gasteiger partial charge in [-0.1, -0.05) is 25.0 Å². The number of carbonyl (C=O) groups is 4. The minimum Gasteiger partial charge on any atom is -0.390 e. The number of urea groups is 1. The highest BCUT2D eigenvalue weighted by atomic mass is 32.2. The molecule has 1 aromatic heterocycles. The fourth-order valence-electron chi connectivity index (χ4n) is 6.53. The Hall–Kier alpha value is -3.22. The highest BCUT2D eigenvalue weighted by Gasteiger charge is 2.44. The third kappa shape index (κ3) is 17.8. The van der Waals surface area contributed by atoms with Gasteiger partial charge in [-0.15, -0.1) is 0 Å². The number of aliphatic hydroxyl groups excluding tert-OH is 1. The number of nitrogens with one attached hydrogen (secondary N) is 5. The number of amides is 5. The molecule has 0 aromatic carbocycles. The molecule has 3 aliphatic rings. The summed E-state index contributed by atoms with van der Waals surface area (Å²) in [6.45, 7) is -0.00542. The van der Waals surface area contributed by atoms with Crippen LogP contribution in [0.25, 0.3) is 6.08 Å². The molecule has 0 radical (unpaired) electrons. The van der Waals surface area contributed by atoms with Gasteiger partial charge in [0.25, 0.3) is 0 Å². The lowest BCUT2D eigenvalue weighted by Crippen LogP contribution is -2.36. The van der Waals surface area contributed by atoms with Crippen molar-refractivity contribution in [2.75, 3.05) is 37.7 Å². The number of rotatable bonds is 26. The Kier molecular flexibility index (Phi) is 19.4. The Bertz CT molecular complexity index is 1940. The first-order valence-corrected chi connectivity index (χ1v) is 24.9. The van der Waals surface area contributed by atoms with Crippen LogP contribution in [-0.2, 0) is 46.0 Å². The molecule has 0 saturated carbocycles. The standard InChI is InChI=1S/C32H53N8O17P3S/c33-30-20(17-40(32(46)39-30)28-16-22(41)23(55-28)18-54-59(50,51)57-60(52,53)56-58(47,48)49)8-6-14-35-27(44)12-7-15-36-25(42)10-2-1-5-13-34-26(43)11-4-3-9-24-29-21(19-61-24)37-31(45)38-29/h6,8,17,21-24,28-29,41H,1-5,7,9-16,18-19H2,(H,34,43)(H,35,44)(H,36,42)(H,50,51)(H,52,53)(H2,33,39,46)(H2,37,38,45)(H2,47,48,49). The quantitative estimate of drug-likeness (QED) is 0.0337. The minimum atomic E-state index is -5.76. The molecule has 3 fully saturated rings. The number of nitrogen functional groups attached to an aromatic ring is 1. The first-order valence-electron chi connectivity index (χ1n) is 19.4. The van der Waals surface area contributed by atoms with Crippen LogP contribution >= 0.6 is 35.2 Å². The molecule has 12 N–H and O–H groups in total. The van der Waals surface area contributed by atoms with Crippen molar-refractivity contribution in [3.63, 3.8) is 0 Å². The van der Waals surface area contributed by atoms with Gasteiger partial charge < -0.3 is 61.7 Å². The number of carbonyl (C=O) groups excluding carboxylic acids is 4. The molecule has 344 valence electrons. The maximum absolute atomic E-state index is 12.6. The minimum absolute atomic E-state index is 0.0104. The number of unbranched alkanes of at least 4 members (excludes halogenated alkanes) is 3. The first-order chi connectivity index (χ1) is 28.7. The first kappa shape index (κ1) is 50.4. The number of ether oxygens (including phenoxy) is 1. The number of nitrogens with zero attached hydrogens (tertiary/aromatic N) is 2. The van der Waals surface area contributed by atoms with Crippen LogP contribution < -0.4 is 38.0 Å². The monoisotopic (exact) mass is 946 g/mol. The normalized spacial score (nSPS) is 24.4. The van der Waals surface area contributed by atoms with Crippen LogP contribution in [0.4, 0.5) is 10.6 Å². The fraction of sp³-hybridized carbons (Fsp3) is 0.688. The molecule has 29 heteroatoms. The van der Waals surface area contributed by atoms with Crippen molar-refractivity contribution in [3.8, 4) is 0 Å². The van der Waals surface area contributed by atoms with Crippen LogP contribution in [0.3, 0.4) is 0 Å². The zero-order valence-electron chi connectivity index (χ0n) is 32.9. The van der Waals surface area contributed by atoms with Crippen molar-refractivity contribution in [2.45, 2.75) is 106 Å². The highest BCUT2D eigenvalue weighted by molar-refractivity contribution is 8.00. The molecule has 0 spiro atoms. The molecule has 61 heavy (non-hydrogen) atoms. The van der Waals surface area contributed by atoms with Crippen LogP contribution in [0.15, 0.2) is 17.1 Å². The third-order valence-electron chi connectivity index (χ3n) is 9.44. The van der Waals surface area contributed by atoms with Crippen LogP contribution in [0, 0.1) is 0 Å². The largest absolute Gasteiger partial charge is 0.490 e. The molecule has 0 aliphatic carbocycles. The van der Waals surface area contributed by atoms with E-state index in [0.717, 1.165) is 42.4 Å². The summed E-state index contributed by atoms with van der Waals surface area (Å²) in [6, 6.07) is 0.270. The SMILES string of the molecule is Nc1nc(=O)n(C2CC(O)C(COP(=O)(O)OP(=O)(O)OP(=O)(O)O)O2)cc1C=CCNC(=O)CCCNC(=O)CCCCCNC(=O)CCCCC1SCC2NC(=O)NC21. The van der Waals surface area contributed by atoms with Gasteiger partial charge in [0.1, 0.15) is 18.1 Å². The Labute approximate surface area is 354 Å². The van der Waals surface area contributed by atoms with Crippen molar-refractivity contribution in [1.82, 2.24) is 36.1 Å². The van der Waals surface area contributed by atoms with E-state index in [1.807, 2.05) is 11.8 Å². The number of phosphoric acid groups is 3. The second-order valence-electron chi connectivity index (χ2n) is 14.3. The maximum atomic E-state index is 12.6. The van der Waals surface area contributed by atoms with Gasteiger partial charge in [0.05, 0.1) is 24.8 Å². The molecule has 25 nitrogen and oxygen atoms in total. The van der Waals surface area contributed by atoms with E-state index >= 15 is 0 Å². The lowest BCUT2D eigenvalue weighted by molar-refractivity contribution is -0.122. The van der Waals surface area contributed by atoms with Crippen LogP contribution in [0.5, 0.6) is 0 Å². The molecule has 8 atom stereocenters. The van der Waals surface area contributed by atoms with E-state index in [1.54, 1.807) is 0 Å². The Morgan fingerprint density at radius 2 is 1.57 bits per heavy atom. The number of hydrogen-bond acceptors (Lipinski definition) is 16. The zero-order chi connectivity index (χ0) is 44.8. The summed E-state index contributed by atoms with van der Waals surface area (Å²) in [6.07, 6.45) is 6.24. The van der Waals surface area contributed by atoms with E-state index in [-0.39, 0.29) is 66.6 Å². The molecular formula is C32H53N8O17P3S. The van der Waals surface area contributed by atoms with Crippen LogP contribution in [-0.4, -0.2) is 120 Å². The number of phosphoric ester groups is 1. The highest BCUT2D eigenvalue weighted by Crippen LogP contribution is 2.66. The summed E-state index contributed by atoms with van der Waals surface area (Å²) >= 11 is 1.86.